The second kappa shape index (κ2) is 17.5. The summed E-state index contributed by atoms with van der Waals surface area (Å²) in [5.41, 5.74) is 13.2. The molecule has 0 amide bonds. The number of allylic oxidation sites excluding steroid dienone is 3. The van der Waals surface area contributed by atoms with Crippen LogP contribution in [0, 0.1) is 0 Å². The van der Waals surface area contributed by atoms with Crippen LogP contribution >= 0.6 is 0 Å². The first-order valence-corrected chi connectivity index (χ1v) is 9.24. The van der Waals surface area contributed by atoms with Crippen LogP contribution in [0.3, 0.4) is 0 Å². The van der Waals surface area contributed by atoms with E-state index in [1.807, 2.05) is 13.8 Å². The molecule has 0 spiro atoms. The van der Waals surface area contributed by atoms with Crippen molar-refractivity contribution in [3.05, 3.63) is 36.3 Å². The van der Waals surface area contributed by atoms with Gasteiger partial charge in [0.25, 0.3) is 0 Å². The Balaban J connectivity index is 0. The van der Waals surface area contributed by atoms with Crippen molar-refractivity contribution in [3.63, 3.8) is 0 Å². The van der Waals surface area contributed by atoms with Crippen LogP contribution in [0.25, 0.3) is 5.57 Å². The van der Waals surface area contributed by atoms with Crippen molar-refractivity contribution in [2.45, 2.75) is 79.6 Å². The van der Waals surface area contributed by atoms with E-state index in [0.717, 1.165) is 5.57 Å². The smallest absolute Gasteiger partial charge is 0.220 e. The summed E-state index contributed by atoms with van der Waals surface area (Å²) in [4.78, 5) is 7.81. The minimum absolute atomic E-state index is 0.234. The third-order valence-corrected chi connectivity index (χ3v) is 3.08. The van der Waals surface area contributed by atoms with Crippen LogP contribution in [0.15, 0.2) is 30.6 Å². The lowest BCUT2D eigenvalue weighted by atomic mass is 10.0. The molecule has 4 heteroatoms. The topological polar surface area (TPSA) is 77.8 Å². The Morgan fingerprint density at radius 2 is 1.54 bits per heavy atom. The molecule has 138 valence electrons. The highest BCUT2D eigenvalue weighted by molar-refractivity contribution is 5.73. The van der Waals surface area contributed by atoms with Crippen molar-refractivity contribution < 1.29 is 0 Å². The minimum Gasteiger partial charge on any atom is -0.402 e. The summed E-state index contributed by atoms with van der Waals surface area (Å²) in [6.07, 6.45) is 13.5. The summed E-state index contributed by atoms with van der Waals surface area (Å²) in [5.74, 6) is 0.234. The van der Waals surface area contributed by atoms with Gasteiger partial charge in [0.05, 0.1) is 5.69 Å². The number of nitrogens with zero attached hydrogens (tertiary/aromatic N) is 2. The largest absolute Gasteiger partial charge is 0.402 e. The molecule has 1 fully saturated rings. The van der Waals surface area contributed by atoms with Crippen molar-refractivity contribution in [2.75, 3.05) is 5.73 Å². The molecule has 1 aliphatic rings. The maximum atomic E-state index is 5.64. The van der Waals surface area contributed by atoms with Crippen LogP contribution < -0.4 is 11.5 Å². The fourth-order valence-electron chi connectivity index (χ4n) is 2.05. The van der Waals surface area contributed by atoms with Gasteiger partial charge in [0.2, 0.25) is 5.95 Å². The van der Waals surface area contributed by atoms with Gasteiger partial charge in [-0.1, -0.05) is 85.3 Å². The molecule has 4 N–H and O–H groups in total. The van der Waals surface area contributed by atoms with Crippen LogP contribution in [-0.2, 0) is 0 Å². The second-order valence-electron chi connectivity index (χ2n) is 5.43. The van der Waals surface area contributed by atoms with E-state index in [0.29, 0.717) is 11.4 Å². The molecule has 2 rings (SSSR count). The Morgan fingerprint density at radius 3 is 1.83 bits per heavy atom. The fourth-order valence-corrected chi connectivity index (χ4v) is 2.05. The number of hydrogen-bond donors (Lipinski definition) is 2. The van der Waals surface area contributed by atoms with Gasteiger partial charge in [-0.3, -0.25) is 0 Å². The fraction of sp³-hybridized carbons (Fsp3) is 0.600. The SMILES string of the molecule is C1CCCCC1.C=C/C(=C(\C)N)c1ccnc(N)n1.CC.CCC. The van der Waals surface area contributed by atoms with Gasteiger partial charge in [-0.05, 0) is 13.0 Å². The number of aromatic nitrogens is 2. The minimum atomic E-state index is 0.234. The van der Waals surface area contributed by atoms with Gasteiger partial charge in [0.1, 0.15) is 0 Å². The van der Waals surface area contributed by atoms with Gasteiger partial charge in [-0.25, -0.2) is 9.97 Å². The standard InChI is InChI=1S/C9H12N4.C6H12.C3H8.C2H6/c1-3-7(6(2)10)8-4-5-12-9(11)13-8;1-2-4-6-5-3-1;1-3-2;1-2/h3-5H,1,10H2,2H3,(H2,11,12,13);1-6H2;3H2,1-2H3;1-2H3/b7-6-;;;. The molecule has 1 aromatic rings. The van der Waals surface area contributed by atoms with E-state index in [-0.39, 0.29) is 5.95 Å². The lowest BCUT2D eigenvalue weighted by Gasteiger charge is -2.05. The maximum absolute atomic E-state index is 5.64. The first kappa shape index (κ1) is 24.4. The van der Waals surface area contributed by atoms with Crippen molar-refractivity contribution >= 4 is 11.5 Å². The molecule has 0 bridgehead atoms. The van der Waals surface area contributed by atoms with E-state index in [1.54, 1.807) is 25.3 Å². The monoisotopic (exact) mass is 334 g/mol. The van der Waals surface area contributed by atoms with Gasteiger partial charge in [0.15, 0.2) is 0 Å². The Hall–Kier alpha value is -1.84. The molecule has 0 atom stereocenters. The molecule has 1 saturated carbocycles. The van der Waals surface area contributed by atoms with Crippen molar-refractivity contribution in [2.24, 2.45) is 5.73 Å². The molecule has 24 heavy (non-hydrogen) atoms. The molecule has 1 aliphatic carbocycles. The van der Waals surface area contributed by atoms with E-state index in [2.05, 4.69) is 30.4 Å². The van der Waals surface area contributed by atoms with E-state index in [9.17, 15) is 0 Å². The lowest BCUT2D eigenvalue weighted by Crippen LogP contribution is -2.01. The lowest BCUT2D eigenvalue weighted by molar-refractivity contribution is 0.504. The zero-order chi connectivity index (χ0) is 18.8. The van der Waals surface area contributed by atoms with Crippen molar-refractivity contribution in [3.8, 4) is 0 Å². The van der Waals surface area contributed by atoms with Gasteiger partial charge in [0, 0.05) is 17.5 Å². The van der Waals surface area contributed by atoms with Gasteiger partial charge >= 0.3 is 0 Å². The van der Waals surface area contributed by atoms with E-state index in [4.69, 9.17) is 11.5 Å². The molecule has 1 aromatic heterocycles. The third kappa shape index (κ3) is 12.7. The highest BCUT2D eigenvalue weighted by Gasteiger charge is 2.01. The second-order valence-corrected chi connectivity index (χ2v) is 5.43. The van der Waals surface area contributed by atoms with Crippen LogP contribution in [0.1, 0.15) is 85.3 Å². The first-order chi connectivity index (χ1) is 11.6. The Kier molecular flexibility index (Phi) is 17.8. The van der Waals surface area contributed by atoms with Crippen LogP contribution in [0.5, 0.6) is 0 Å². The van der Waals surface area contributed by atoms with Crippen LogP contribution in [0.2, 0.25) is 0 Å². The summed E-state index contributed by atoms with van der Waals surface area (Å²) in [6, 6.07) is 1.74. The van der Waals surface area contributed by atoms with E-state index < -0.39 is 0 Å². The highest BCUT2D eigenvalue weighted by Crippen LogP contribution is 2.15. The van der Waals surface area contributed by atoms with Crippen molar-refractivity contribution in [1.29, 1.82) is 0 Å². The molecule has 0 unspecified atom stereocenters. The molecule has 4 nitrogen and oxygen atoms in total. The Morgan fingerprint density at radius 1 is 1.12 bits per heavy atom. The average molecular weight is 335 g/mol. The maximum Gasteiger partial charge on any atom is 0.220 e. The Bertz CT molecular complexity index is 433. The Labute approximate surface area is 149 Å². The molecule has 0 radical (unpaired) electrons. The van der Waals surface area contributed by atoms with Crippen LogP contribution in [-0.4, -0.2) is 9.97 Å². The molecular formula is C20H38N4. The normalized spacial score (nSPS) is 13.5. The van der Waals surface area contributed by atoms with Gasteiger partial charge < -0.3 is 11.5 Å². The number of hydrogen-bond acceptors (Lipinski definition) is 4. The molecule has 1 heterocycles. The zero-order valence-electron chi connectivity index (χ0n) is 16.4. The van der Waals surface area contributed by atoms with Gasteiger partial charge in [-0.2, -0.15) is 0 Å². The molecule has 0 saturated heterocycles. The number of anilines is 1. The number of nitrogen functional groups attached to an aromatic ring is 1. The summed E-state index contributed by atoms with van der Waals surface area (Å²) in [6.45, 7) is 13.7. The quantitative estimate of drug-likeness (QED) is 0.678. The first-order valence-electron chi connectivity index (χ1n) is 9.24. The summed E-state index contributed by atoms with van der Waals surface area (Å²) in [7, 11) is 0. The molecule has 0 aromatic carbocycles. The molecule has 0 aliphatic heterocycles. The average Bonchev–Trinajstić information content (AvgIpc) is 2.60. The predicted octanol–water partition coefficient (Wildman–Crippen LogP) is 5.72. The van der Waals surface area contributed by atoms with E-state index >= 15 is 0 Å². The van der Waals surface area contributed by atoms with Crippen molar-refractivity contribution in [1.82, 2.24) is 9.97 Å². The van der Waals surface area contributed by atoms with E-state index in [1.165, 1.54) is 44.9 Å². The van der Waals surface area contributed by atoms with Gasteiger partial charge in [-0.15, -0.1) is 0 Å². The zero-order valence-corrected chi connectivity index (χ0v) is 16.4. The summed E-state index contributed by atoms with van der Waals surface area (Å²) >= 11 is 0. The molecular weight excluding hydrogens is 296 g/mol. The number of rotatable bonds is 2. The summed E-state index contributed by atoms with van der Waals surface area (Å²) < 4.78 is 0. The summed E-state index contributed by atoms with van der Waals surface area (Å²) in [5, 5.41) is 0. The highest BCUT2D eigenvalue weighted by atomic mass is 15.0. The predicted molar refractivity (Wildman–Crippen MR) is 108 cm³/mol. The third-order valence-electron chi connectivity index (χ3n) is 3.08. The number of nitrogens with two attached hydrogens (primary N) is 2. The van der Waals surface area contributed by atoms with Crippen LogP contribution in [0.4, 0.5) is 5.95 Å².